The minimum absolute atomic E-state index is 0.0177. The second-order valence-electron chi connectivity index (χ2n) is 7.68. The summed E-state index contributed by atoms with van der Waals surface area (Å²) in [6, 6.07) is 6.11. The maximum absolute atomic E-state index is 13.1. The molecule has 3 unspecified atom stereocenters. The number of carbonyl (C=O) groups is 1. The number of ether oxygens (including phenoxy) is 1. The summed E-state index contributed by atoms with van der Waals surface area (Å²) >= 11 is 1.36. The number of thioether (sulfide) groups is 1. The standard InChI is InChI=1S/C22H29FN4O2S/c1-4-13-27-21(16(3)29-18-11-9-17(23)10-12-18)25-26-22(27)30-14-20(28)24-19-8-6-5-7-15(19)2/h4,9-12,15-16,19H,1,5-8,13-14H2,2-3H3,(H,24,28). The first kappa shape index (κ1) is 22.3. The van der Waals surface area contributed by atoms with E-state index in [0.29, 0.717) is 29.2 Å². The SMILES string of the molecule is C=CCn1c(SCC(=O)NC2CCCCC2C)nnc1C(C)Oc1ccc(F)cc1. The molecule has 3 atom stereocenters. The Morgan fingerprint density at radius 1 is 1.37 bits per heavy atom. The molecular formula is C22H29FN4O2S. The van der Waals surface area contributed by atoms with Crippen molar-refractivity contribution in [2.75, 3.05) is 5.75 Å². The maximum atomic E-state index is 13.1. The summed E-state index contributed by atoms with van der Waals surface area (Å²) in [4.78, 5) is 12.4. The van der Waals surface area contributed by atoms with Crippen molar-refractivity contribution >= 4 is 17.7 Å². The van der Waals surface area contributed by atoms with Crippen LogP contribution in [0.25, 0.3) is 0 Å². The third kappa shape index (κ3) is 5.84. The molecule has 0 aliphatic heterocycles. The van der Waals surface area contributed by atoms with E-state index in [9.17, 15) is 9.18 Å². The molecule has 6 nitrogen and oxygen atoms in total. The number of hydrogen-bond acceptors (Lipinski definition) is 5. The highest BCUT2D eigenvalue weighted by Gasteiger charge is 2.24. The molecule has 30 heavy (non-hydrogen) atoms. The zero-order valence-corrected chi connectivity index (χ0v) is 18.3. The predicted molar refractivity (Wildman–Crippen MR) is 116 cm³/mol. The Bertz CT molecular complexity index is 855. The van der Waals surface area contributed by atoms with Crippen LogP contribution in [0.3, 0.4) is 0 Å². The van der Waals surface area contributed by atoms with Crippen molar-refractivity contribution in [2.24, 2.45) is 5.92 Å². The molecule has 0 bridgehead atoms. The number of halogens is 1. The summed E-state index contributed by atoms with van der Waals surface area (Å²) in [6.07, 6.45) is 5.99. The van der Waals surface area contributed by atoms with Gasteiger partial charge in [-0.2, -0.15) is 0 Å². The molecule has 1 N–H and O–H groups in total. The van der Waals surface area contributed by atoms with Gasteiger partial charge in [-0.3, -0.25) is 9.36 Å². The Balaban J connectivity index is 1.62. The number of aromatic nitrogens is 3. The van der Waals surface area contributed by atoms with E-state index in [-0.39, 0.29) is 23.5 Å². The number of amides is 1. The number of carbonyl (C=O) groups excluding carboxylic acids is 1. The average Bonchev–Trinajstić information content (AvgIpc) is 3.13. The number of rotatable bonds is 9. The molecule has 1 saturated carbocycles. The molecule has 3 rings (SSSR count). The summed E-state index contributed by atoms with van der Waals surface area (Å²) in [6.45, 7) is 8.37. The summed E-state index contributed by atoms with van der Waals surface area (Å²) in [7, 11) is 0. The molecular weight excluding hydrogens is 403 g/mol. The summed E-state index contributed by atoms with van der Waals surface area (Å²) in [5, 5.41) is 12.3. The Morgan fingerprint density at radius 3 is 2.80 bits per heavy atom. The normalized spacial score (nSPS) is 19.8. The van der Waals surface area contributed by atoms with E-state index in [0.717, 1.165) is 6.42 Å². The largest absolute Gasteiger partial charge is 0.483 e. The highest BCUT2D eigenvalue weighted by atomic mass is 32.2. The molecule has 0 spiro atoms. The molecule has 2 aromatic rings. The van der Waals surface area contributed by atoms with Gasteiger partial charge in [-0.1, -0.05) is 37.6 Å². The van der Waals surface area contributed by atoms with Gasteiger partial charge < -0.3 is 10.1 Å². The second kappa shape index (κ2) is 10.6. The van der Waals surface area contributed by atoms with Crippen LogP contribution in [-0.2, 0) is 11.3 Å². The van der Waals surface area contributed by atoms with Crippen molar-refractivity contribution < 1.29 is 13.9 Å². The van der Waals surface area contributed by atoms with Crippen molar-refractivity contribution in [1.82, 2.24) is 20.1 Å². The summed E-state index contributed by atoms with van der Waals surface area (Å²) < 4.78 is 20.9. The summed E-state index contributed by atoms with van der Waals surface area (Å²) in [5.74, 6) is 1.68. The Kier molecular flexibility index (Phi) is 7.90. The third-order valence-corrected chi connectivity index (χ3v) is 6.30. The van der Waals surface area contributed by atoms with E-state index in [1.165, 1.54) is 43.2 Å². The van der Waals surface area contributed by atoms with E-state index < -0.39 is 6.10 Å². The number of benzene rings is 1. The van der Waals surface area contributed by atoms with Crippen LogP contribution in [0.15, 0.2) is 42.1 Å². The fraction of sp³-hybridized carbons (Fsp3) is 0.500. The highest BCUT2D eigenvalue weighted by Crippen LogP contribution is 2.26. The van der Waals surface area contributed by atoms with Gasteiger partial charge in [0.1, 0.15) is 11.6 Å². The van der Waals surface area contributed by atoms with Gasteiger partial charge in [0.25, 0.3) is 0 Å². The lowest BCUT2D eigenvalue weighted by Crippen LogP contribution is -2.41. The van der Waals surface area contributed by atoms with E-state index in [4.69, 9.17) is 4.74 Å². The topological polar surface area (TPSA) is 69.0 Å². The van der Waals surface area contributed by atoms with Gasteiger partial charge in [-0.15, -0.1) is 16.8 Å². The maximum Gasteiger partial charge on any atom is 0.230 e. The fourth-order valence-corrected chi connectivity index (χ4v) is 4.45. The van der Waals surface area contributed by atoms with Gasteiger partial charge in [0.15, 0.2) is 17.1 Å². The van der Waals surface area contributed by atoms with Crippen LogP contribution in [0, 0.1) is 11.7 Å². The lowest BCUT2D eigenvalue weighted by molar-refractivity contribution is -0.119. The fourth-order valence-electron chi connectivity index (χ4n) is 3.69. The molecule has 1 heterocycles. The van der Waals surface area contributed by atoms with Gasteiger partial charge in [-0.25, -0.2) is 4.39 Å². The molecule has 1 aromatic carbocycles. The number of nitrogens with zero attached hydrogens (tertiary/aromatic N) is 3. The van der Waals surface area contributed by atoms with Gasteiger partial charge in [0, 0.05) is 12.6 Å². The van der Waals surface area contributed by atoms with E-state index in [2.05, 4.69) is 29.0 Å². The molecule has 162 valence electrons. The van der Waals surface area contributed by atoms with E-state index >= 15 is 0 Å². The van der Waals surface area contributed by atoms with Crippen LogP contribution < -0.4 is 10.1 Å². The average molecular weight is 433 g/mol. The van der Waals surface area contributed by atoms with Crippen LogP contribution in [0.4, 0.5) is 4.39 Å². The Hall–Kier alpha value is -2.35. The van der Waals surface area contributed by atoms with Gasteiger partial charge >= 0.3 is 0 Å². The van der Waals surface area contributed by atoms with Crippen LogP contribution in [-0.4, -0.2) is 32.5 Å². The molecule has 0 saturated heterocycles. The minimum atomic E-state index is -0.394. The van der Waals surface area contributed by atoms with Crippen molar-refractivity contribution in [3.8, 4) is 5.75 Å². The van der Waals surface area contributed by atoms with Crippen LogP contribution >= 0.6 is 11.8 Å². The molecule has 1 amide bonds. The monoisotopic (exact) mass is 432 g/mol. The molecule has 0 radical (unpaired) electrons. The molecule has 1 fully saturated rings. The number of allylic oxidation sites excluding steroid dienone is 1. The van der Waals surface area contributed by atoms with E-state index in [1.54, 1.807) is 18.2 Å². The Morgan fingerprint density at radius 2 is 2.10 bits per heavy atom. The van der Waals surface area contributed by atoms with Crippen LogP contribution in [0.2, 0.25) is 0 Å². The quantitative estimate of drug-likeness (QED) is 0.466. The van der Waals surface area contributed by atoms with Crippen molar-refractivity contribution in [3.63, 3.8) is 0 Å². The van der Waals surface area contributed by atoms with Crippen LogP contribution in [0.5, 0.6) is 5.75 Å². The molecule has 1 aliphatic carbocycles. The minimum Gasteiger partial charge on any atom is -0.483 e. The number of nitrogens with one attached hydrogen (secondary N) is 1. The van der Waals surface area contributed by atoms with Crippen molar-refractivity contribution in [1.29, 1.82) is 0 Å². The zero-order chi connectivity index (χ0) is 21.5. The van der Waals surface area contributed by atoms with Crippen molar-refractivity contribution in [2.45, 2.75) is 63.4 Å². The Labute approximate surface area is 181 Å². The predicted octanol–water partition coefficient (Wildman–Crippen LogP) is 4.53. The zero-order valence-electron chi connectivity index (χ0n) is 17.5. The lowest BCUT2D eigenvalue weighted by Gasteiger charge is -2.29. The smallest absolute Gasteiger partial charge is 0.230 e. The third-order valence-electron chi connectivity index (χ3n) is 5.34. The second-order valence-corrected chi connectivity index (χ2v) is 8.62. The van der Waals surface area contributed by atoms with Crippen LogP contribution in [0.1, 0.15) is 51.5 Å². The lowest BCUT2D eigenvalue weighted by atomic mass is 9.86. The highest BCUT2D eigenvalue weighted by molar-refractivity contribution is 7.99. The van der Waals surface area contributed by atoms with Gasteiger partial charge in [-0.05, 0) is 49.9 Å². The molecule has 8 heteroatoms. The van der Waals surface area contributed by atoms with E-state index in [1.807, 2.05) is 11.5 Å². The first-order valence-electron chi connectivity index (χ1n) is 10.4. The summed E-state index contributed by atoms with van der Waals surface area (Å²) in [5.41, 5.74) is 0. The van der Waals surface area contributed by atoms with Crippen molar-refractivity contribution in [3.05, 3.63) is 48.6 Å². The number of hydrogen-bond donors (Lipinski definition) is 1. The molecule has 1 aromatic heterocycles. The first-order chi connectivity index (χ1) is 14.5. The molecule has 1 aliphatic rings. The first-order valence-corrected chi connectivity index (χ1v) is 11.3. The van der Waals surface area contributed by atoms with Gasteiger partial charge in [0.2, 0.25) is 5.91 Å². The van der Waals surface area contributed by atoms with Gasteiger partial charge in [0.05, 0.1) is 5.75 Å².